The molecule has 124 valence electrons. The first-order chi connectivity index (χ1) is 10.2. The Kier molecular flexibility index (Phi) is 8.06. The number of halogens is 1. The molecule has 1 aliphatic rings. The average molecular weight is 329 g/mol. The second-order valence-corrected chi connectivity index (χ2v) is 5.35. The molecular formula is C16H25ClN2O3. The first kappa shape index (κ1) is 18.6. The largest absolute Gasteiger partial charge is 0.493 e. The maximum Gasteiger partial charge on any atom is 0.220 e. The second-order valence-electron chi connectivity index (χ2n) is 5.35. The van der Waals surface area contributed by atoms with E-state index in [1.54, 1.807) is 14.2 Å². The Labute approximate surface area is 138 Å². The Morgan fingerprint density at radius 3 is 2.73 bits per heavy atom. The summed E-state index contributed by atoms with van der Waals surface area (Å²) in [6.07, 6.45) is 2.51. The average Bonchev–Trinajstić information content (AvgIpc) is 2.99. The quantitative estimate of drug-likeness (QED) is 0.801. The fourth-order valence-electron chi connectivity index (χ4n) is 2.61. The lowest BCUT2D eigenvalue weighted by molar-refractivity contribution is -0.121. The van der Waals surface area contributed by atoms with Gasteiger partial charge in [0.2, 0.25) is 5.91 Å². The van der Waals surface area contributed by atoms with Crippen molar-refractivity contribution in [1.82, 2.24) is 10.6 Å². The molecule has 0 bridgehead atoms. The van der Waals surface area contributed by atoms with E-state index in [1.807, 2.05) is 18.2 Å². The van der Waals surface area contributed by atoms with Gasteiger partial charge in [0.25, 0.3) is 0 Å². The zero-order chi connectivity index (χ0) is 15.1. The number of nitrogens with one attached hydrogen (secondary N) is 2. The summed E-state index contributed by atoms with van der Waals surface area (Å²) >= 11 is 0. The number of rotatable bonds is 7. The number of ether oxygens (including phenoxy) is 2. The van der Waals surface area contributed by atoms with E-state index in [-0.39, 0.29) is 18.3 Å². The number of methoxy groups -OCH3 is 2. The van der Waals surface area contributed by atoms with Crippen LogP contribution >= 0.6 is 12.4 Å². The molecule has 1 atom stereocenters. The molecule has 1 fully saturated rings. The summed E-state index contributed by atoms with van der Waals surface area (Å²) in [5.41, 5.74) is 1.12. The summed E-state index contributed by atoms with van der Waals surface area (Å²) in [6.45, 7) is 2.64. The molecular weight excluding hydrogens is 304 g/mol. The molecule has 1 amide bonds. The van der Waals surface area contributed by atoms with Crippen molar-refractivity contribution < 1.29 is 14.3 Å². The molecule has 1 heterocycles. The van der Waals surface area contributed by atoms with Gasteiger partial charge >= 0.3 is 0 Å². The van der Waals surface area contributed by atoms with Crippen LogP contribution in [0.3, 0.4) is 0 Å². The predicted octanol–water partition coefficient (Wildman–Crippen LogP) is 1.78. The normalized spacial score (nSPS) is 16.7. The van der Waals surface area contributed by atoms with Gasteiger partial charge < -0.3 is 20.1 Å². The van der Waals surface area contributed by atoms with Crippen molar-refractivity contribution in [3.63, 3.8) is 0 Å². The molecule has 1 unspecified atom stereocenters. The van der Waals surface area contributed by atoms with E-state index in [0.29, 0.717) is 18.9 Å². The molecule has 2 rings (SSSR count). The van der Waals surface area contributed by atoms with E-state index >= 15 is 0 Å². The van der Waals surface area contributed by atoms with Crippen LogP contribution in [-0.4, -0.2) is 39.8 Å². The third-order valence-electron chi connectivity index (χ3n) is 3.82. The highest BCUT2D eigenvalue weighted by atomic mass is 35.5. The van der Waals surface area contributed by atoms with Crippen LogP contribution in [0.1, 0.15) is 18.4 Å². The topological polar surface area (TPSA) is 59.6 Å². The summed E-state index contributed by atoms with van der Waals surface area (Å²) in [4.78, 5) is 11.8. The van der Waals surface area contributed by atoms with E-state index in [0.717, 1.165) is 43.0 Å². The molecule has 2 N–H and O–H groups in total. The number of benzene rings is 1. The summed E-state index contributed by atoms with van der Waals surface area (Å²) in [5.74, 6) is 2.08. The Hall–Kier alpha value is -1.46. The molecule has 22 heavy (non-hydrogen) atoms. The molecule has 1 saturated heterocycles. The first-order valence-electron chi connectivity index (χ1n) is 7.41. The van der Waals surface area contributed by atoms with Gasteiger partial charge in [-0.05, 0) is 49.5 Å². The Morgan fingerprint density at radius 1 is 1.32 bits per heavy atom. The van der Waals surface area contributed by atoms with Gasteiger partial charge in [0.05, 0.1) is 14.2 Å². The summed E-state index contributed by atoms with van der Waals surface area (Å²) in [5, 5.41) is 6.26. The number of carbonyl (C=O) groups excluding carboxylic acids is 1. The van der Waals surface area contributed by atoms with Crippen molar-refractivity contribution >= 4 is 18.3 Å². The highest BCUT2D eigenvalue weighted by molar-refractivity contribution is 5.85. The van der Waals surface area contributed by atoms with Gasteiger partial charge in [-0.1, -0.05) is 6.07 Å². The van der Waals surface area contributed by atoms with Crippen molar-refractivity contribution in [2.45, 2.75) is 19.3 Å². The molecule has 5 nitrogen and oxygen atoms in total. The van der Waals surface area contributed by atoms with Gasteiger partial charge in [-0.25, -0.2) is 0 Å². The van der Waals surface area contributed by atoms with E-state index in [2.05, 4.69) is 10.6 Å². The molecule has 0 aromatic heterocycles. The van der Waals surface area contributed by atoms with Gasteiger partial charge in [-0.2, -0.15) is 0 Å². The second kappa shape index (κ2) is 9.54. The summed E-state index contributed by atoms with van der Waals surface area (Å²) < 4.78 is 10.5. The monoisotopic (exact) mass is 328 g/mol. The highest BCUT2D eigenvalue weighted by Crippen LogP contribution is 2.27. The Morgan fingerprint density at radius 2 is 2.09 bits per heavy atom. The van der Waals surface area contributed by atoms with Crippen LogP contribution in [0.5, 0.6) is 11.5 Å². The summed E-state index contributed by atoms with van der Waals surface area (Å²) in [7, 11) is 3.24. The first-order valence-corrected chi connectivity index (χ1v) is 7.41. The van der Waals surface area contributed by atoms with Gasteiger partial charge in [-0.3, -0.25) is 4.79 Å². The lowest BCUT2D eigenvalue weighted by Crippen LogP contribution is -2.28. The van der Waals surface area contributed by atoms with E-state index < -0.39 is 0 Å². The SMILES string of the molecule is COc1ccc(CCNC(=O)CC2CCNC2)cc1OC.Cl. The highest BCUT2D eigenvalue weighted by Gasteiger charge is 2.17. The van der Waals surface area contributed by atoms with Gasteiger partial charge in [0.15, 0.2) is 11.5 Å². The minimum absolute atomic E-state index is 0. The molecule has 0 saturated carbocycles. The van der Waals surface area contributed by atoms with E-state index in [9.17, 15) is 4.79 Å². The van der Waals surface area contributed by atoms with Crippen LogP contribution < -0.4 is 20.1 Å². The Balaban J connectivity index is 0.00000242. The molecule has 0 spiro atoms. The number of carbonyl (C=O) groups is 1. The molecule has 1 aliphatic heterocycles. The molecule has 0 aliphatic carbocycles. The number of hydrogen-bond donors (Lipinski definition) is 2. The van der Waals surface area contributed by atoms with Crippen LogP contribution in [0.15, 0.2) is 18.2 Å². The van der Waals surface area contributed by atoms with Crippen LogP contribution in [0.2, 0.25) is 0 Å². The van der Waals surface area contributed by atoms with Crippen molar-refractivity contribution in [3.8, 4) is 11.5 Å². The predicted molar refractivity (Wildman–Crippen MR) is 89.1 cm³/mol. The third-order valence-corrected chi connectivity index (χ3v) is 3.82. The van der Waals surface area contributed by atoms with Crippen LogP contribution in [-0.2, 0) is 11.2 Å². The van der Waals surface area contributed by atoms with Gasteiger partial charge in [-0.15, -0.1) is 12.4 Å². The van der Waals surface area contributed by atoms with Crippen molar-refractivity contribution in [2.24, 2.45) is 5.92 Å². The lowest BCUT2D eigenvalue weighted by atomic mass is 10.0. The standard InChI is InChI=1S/C16H24N2O3.ClH/c1-20-14-4-3-12(9-15(14)21-2)6-8-18-16(19)10-13-5-7-17-11-13;/h3-4,9,13,17H,5-8,10-11H2,1-2H3,(H,18,19);1H. The molecule has 1 aromatic carbocycles. The maximum atomic E-state index is 11.8. The van der Waals surface area contributed by atoms with Gasteiger partial charge in [0.1, 0.15) is 0 Å². The fourth-order valence-corrected chi connectivity index (χ4v) is 2.61. The van der Waals surface area contributed by atoms with Crippen molar-refractivity contribution in [1.29, 1.82) is 0 Å². The zero-order valence-electron chi connectivity index (χ0n) is 13.2. The van der Waals surface area contributed by atoms with E-state index in [1.165, 1.54) is 0 Å². The minimum Gasteiger partial charge on any atom is -0.493 e. The molecule has 0 radical (unpaired) electrons. The summed E-state index contributed by atoms with van der Waals surface area (Å²) in [6, 6.07) is 5.83. The number of hydrogen-bond acceptors (Lipinski definition) is 4. The van der Waals surface area contributed by atoms with Crippen LogP contribution in [0.25, 0.3) is 0 Å². The van der Waals surface area contributed by atoms with E-state index in [4.69, 9.17) is 9.47 Å². The lowest BCUT2D eigenvalue weighted by Gasteiger charge is -2.11. The third kappa shape index (κ3) is 5.39. The smallest absolute Gasteiger partial charge is 0.220 e. The molecule has 1 aromatic rings. The minimum atomic E-state index is 0. The number of amides is 1. The Bertz CT molecular complexity index is 476. The van der Waals surface area contributed by atoms with Crippen LogP contribution in [0.4, 0.5) is 0 Å². The fraction of sp³-hybridized carbons (Fsp3) is 0.562. The van der Waals surface area contributed by atoms with Crippen molar-refractivity contribution in [3.05, 3.63) is 23.8 Å². The zero-order valence-corrected chi connectivity index (χ0v) is 14.0. The van der Waals surface area contributed by atoms with Crippen LogP contribution in [0, 0.1) is 5.92 Å². The van der Waals surface area contributed by atoms with Crippen molar-refractivity contribution in [2.75, 3.05) is 33.9 Å². The molecule has 6 heteroatoms. The maximum absolute atomic E-state index is 11.8. The van der Waals surface area contributed by atoms with Gasteiger partial charge in [0, 0.05) is 13.0 Å².